The number of carbonyl (C=O) groups excluding carboxylic acids is 1. The molecule has 7 heteroatoms. The molecule has 3 N–H and O–H groups in total. The molecule has 1 aliphatic carbocycles. The SMILES string of the molecule is CN(CC1CC(O)C1)C(=O)N1C[C@H](O)C[C@H]1C(=O)O. The number of rotatable bonds is 3. The largest absolute Gasteiger partial charge is 0.480 e. The van der Waals surface area contributed by atoms with Crippen molar-refractivity contribution in [3.8, 4) is 0 Å². The van der Waals surface area contributed by atoms with E-state index in [2.05, 4.69) is 0 Å². The monoisotopic (exact) mass is 272 g/mol. The molecule has 0 bridgehead atoms. The Morgan fingerprint density at radius 1 is 1.21 bits per heavy atom. The van der Waals surface area contributed by atoms with Crippen LogP contribution < -0.4 is 0 Å². The first-order chi connectivity index (χ1) is 8.88. The van der Waals surface area contributed by atoms with Crippen LogP contribution in [0.25, 0.3) is 0 Å². The molecule has 0 aromatic carbocycles. The highest BCUT2D eigenvalue weighted by atomic mass is 16.4. The molecule has 0 aromatic rings. The Hall–Kier alpha value is -1.34. The van der Waals surface area contributed by atoms with Crippen LogP contribution in [-0.2, 0) is 4.79 Å². The fourth-order valence-corrected chi connectivity index (χ4v) is 2.79. The molecule has 2 atom stereocenters. The molecule has 2 fully saturated rings. The van der Waals surface area contributed by atoms with Gasteiger partial charge in [0.1, 0.15) is 6.04 Å². The van der Waals surface area contributed by atoms with Crippen molar-refractivity contribution in [2.75, 3.05) is 20.1 Å². The van der Waals surface area contributed by atoms with Gasteiger partial charge in [-0.3, -0.25) is 0 Å². The van der Waals surface area contributed by atoms with E-state index in [-0.39, 0.29) is 31.0 Å². The van der Waals surface area contributed by atoms with Crippen molar-refractivity contribution in [3.05, 3.63) is 0 Å². The van der Waals surface area contributed by atoms with Crippen molar-refractivity contribution in [2.45, 2.75) is 37.5 Å². The first kappa shape index (κ1) is 14.1. The topological polar surface area (TPSA) is 101 Å². The molecule has 19 heavy (non-hydrogen) atoms. The molecule has 0 aromatic heterocycles. The van der Waals surface area contributed by atoms with Gasteiger partial charge in [-0.05, 0) is 18.8 Å². The Morgan fingerprint density at radius 3 is 2.37 bits per heavy atom. The maximum atomic E-state index is 12.2. The Labute approximate surface area is 111 Å². The van der Waals surface area contributed by atoms with Gasteiger partial charge in [0, 0.05) is 26.6 Å². The minimum absolute atomic E-state index is 0.0629. The molecule has 1 saturated heterocycles. The number of aliphatic hydroxyl groups is 2. The Bertz CT molecular complexity index is 369. The lowest BCUT2D eigenvalue weighted by Gasteiger charge is -2.36. The summed E-state index contributed by atoms with van der Waals surface area (Å²) < 4.78 is 0. The quantitative estimate of drug-likeness (QED) is 0.632. The minimum Gasteiger partial charge on any atom is -0.480 e. The van der Waals surface area contributed by atoms with E-state index in [0.717, 1.165) is 0 Å². The summed E-state index contributed by atoms with van der Waals surface area (Å²) >= 11 is 0. The smallest absolute Gasteiger partial charge is 0.326 e. The van der Waals surface area contributed by atoms with Gasteiger partial charge in [0.25, 0.3) is 0 Å². The molecule has 2 aliphatic rings. The highest BCUT2D eigenvalue weighted by molar-refractivity contribution is 5.83. The van der Waals surface area contributed by atoms with Crippen LogP contribution in [0, 0.1) is 5.92 Å². The van der Waals surface area contributed by atoms with Gasteiger partial charge in [-0.1, -0.05) is 0 Å². The van der Waals surface area contributed by atoms with Crippen molar-refractivity contribution in [3.63, 3.8) is 0 Å². The van der Waals surface area contributed by atoms with E-state index >= 15 is 0 Å². The summed E-state index contributed by atoms with van der Waals surface area (Å²) in [5.74, 6) is -0.808. The third-order valence-corrected chi connectivity index (χ3v) is 3.88. The summed E-state index contributed by atoms with van der Waals surface area (Å²) in [5.41, 5.74) is 0. The molecule has 0 radical (unpaired) electrons. The molecular formula is C12H20N2O5. The minimum atomic E-state index is -1.09. The van der Waals surface area contributed by atoms with Crippen LogP contribution in [0.5, 0.6) is 0 Å². The number of aliphatic hydroxyl groups excluding tert-OH is 2. The van der Waals surface area contributed by atoms with Crippen LogP contribution in [0.3, 0.4) is 0 Å². The third kappa shape index (κ3) is 2.98. The van der Waals surface area contributed by atoms with E-state index < -0.39 is 18.1 Å². The van der Waals surface area contributed by atoms with E-state index in [1.807, 2.05) is 0 Å². The summed E-state index contributed by atoms with van der Waals surface area (Å²) in [6.07, 6.45) is 0.403. The van der Waals surface area contributed by atoms with Crippen LogP contribution in [0.1, 0.15) is 19.3 Å². The number of urea groups is 1. The van der Waals surface area contributed by atoms with Crippen molar-refractivity contribution < 1.29 is 24.9 Å². The van der Waals surface area contributed by atoms with Gasteiger partial charge in [0.05, 0.1) is 12.2 Å². The van der Waals surface area contributed by atoms with E-state index in [4.69, 9.17) is 5.11 Å². The number of β-amino-alcohol motifs (C(OH)–C–C–N with tert-alkyl or cyclic N) is 1. The van der Waals surface area contributed by atoms with Crippen LogP contribution in [0.2, 0.25) is 0 Å². The first-order valence-corrected chi connectivity index (χ1v) is 6.49. The van der Waals surface area contributed by atoms with Crippen LogP contribution in [-0.4, -0.2) is 75.5 Å². The van der Waals surface area contributed by atoms with E-state index in [0.29, 0.717) is 19.4 Å². The van der Waals surface area contributed by atoms with E-state index in [9.17, 15) is 19.8 Å². The molecule has 7 nitrogen and oxygen atoms in total. The summed E-state index contributed by atoms with van der Waals surface area (Å²) in [6.45, 7) is 0.572. The number of nitrogens with zero attached hydrogens (tertiary/aromatic N) is 2. The van der Waals surface area contributed by atoms with Gasteiger partial charge in [0.2, 0.25) is 0 Å². The third-order valence-electron chi connectivity index (χ3n) is 3.88. The van der Waals surface area contributed by atoms with Crippen molar-refractivity contribution in [1.29, 1.82) is 0 Å². The molecule has 0 spiro atoms. The van der Waals surface area contributed by atoms with Gasteiger partial charge in [-0.15, -0.1) is 0 Å². The van der Waals surface area contributed by atoms with Gasteiger partial charge in [0.15, 0.2) is 0 Å². The van der Waals surface area contributed by atoms with Gasteiger partial charge in [-0.25, -0.2) is 9.59 Å². The van der Waals surface area contributed by atoms with Crippen molar-refractivity contribution in [1.82, 2.24) is 9.80 Å². The summed E-state index contributed by atoms with van der Waals surface area (Å²) in [5, 5.41) is 27.8. The molecule has 1 saturated carbocycles. The maximum Gasteiger partial charge on any atom is 0.326 e. The molecule has 2 rings (SSSR count). The Kier molecular flexibility index (Phi) is 3.96. The average molecular weight is 272 g/mol. The molecular weight excluding hydrogens is 252 g/mol. The van der Waals surface area contributed by atoms with E-state index in [1.165, 1.54) is 9.80 Å². The lowest BCUT2D eigenvalue weighted by Crippen LogP contribution is -2.49. The predicted molar refractivity (Wildman–Crippen MR) is 65.5 cm³/mol. The molecule has 1 heterocycles. The van der Waals surface area contributed by atoms with Crippen molar-refractivity contribution >= 4 is 12.0 Å². The van der Waals surface area contributed by atoms with E-state index in [1.54, 1.807) is 7.05 Å². The lowest BCUT2D eigenvalue weighted by atomic mass is 9.82. The highest BCUT2D eigenvalue weighted by Crippen LogP contribution is 2.28. The number of likely N-dealkylation sites (tertiary alicyclic amines) is 1. The van der Waals surface area contributed by atoms with Crippen LogP contribution >= 0.6 is 0 Å². The zero-order valence-corrected chi connectivity index (χ0v) is 10.9. The molecule has 108 valence electrons. The fourth-order valence-electron chi connectivity index (χ4n) is 2.79. The molecule has 2 amide bonds. The number of carboxylic acids is 1. The number of carbonyl (C=O) groups is 2. The normalized spacial score (nSPS) is 33.9. The average Bonchev–Trinajstić information content (AvgIpc) is 2.68. The number of aliphatic carboxylic acids is 1. The first-order valence-electron chi connectivity index (χ1n) is 6.49. The van der Waals surface area contributed by atoms with Gasteiger partial charge < -0.3 is 25.1 Å². The number of hydrogen-bond acceptors (Lipinski definition) is 4. The predicted octanol–water partition coefficient (Wildman–Crippen LogP) is -0.671. The van der Waals surface area contributed by atoms with Crippen LogP contribution in [0.15, 0.2) is 0 Å². The van der Waals surface area contributed by atoms with Crippen molar-refractivity contribution in [2.24, 2.45) is 5.92 Å². The van der Waals surface area contributed by atoms with Gasteiger partial charge in [-0.2, -0.15) is 0 Å². The van der Waals surface area contributed by atoms with Gasteiger partial charge >= 0.3 is 12.0 Å². The molecule has 0 unspecified atom stereocenters. The van der Waals surface area contributed by atoms with Crippen LogP contribution in [0.4, 0.5) is 4.79 Å². The number of hydrogen-bond donors (Lipinski definition) is 3. The summed E-state index contributed by atoms with van der Waals surface area (Å²) in [7, 11) is 1.62. The second-order valence-corrected chi connectivity index (χ2v) is 5.55. The maximum absolute atomic E-state index is 12.2. The zero-order valence-electron chi connectivity index (χ0n) is 10.9. The fraction of sp³-hybridized carbons (Fsp3) is 0.833. The summed E-state index contributed by atoms with van der Waals surface area (Å²) in [4.78, 5) is 25.9. The zero-order chi connectivity index (χ0) is 14.2. The second kappa shape index (κ2) is 5.34. The number of amides is 2. The Balaban J connectivity index is 1.92. The highest BCUT2D eigenvalue weighted by Gasteiger charge is 2.40. The molecule has 1 aliphatic heterocycles. The number of carboxylic acid groups (broad SMARTS) is 1. The second-order valence-electron chi connectivity index (χ2n) is 5.55. The Morgan fingerprint density at radius 2 is 1.84 bits per heavy atom. The lowest BCUT2D eigenvalue weighted by molar-refractivity contribution is -0.141. The summed E-state index contributed by atoms with van der Waals surface area (Å²) in [6, 6.07) is -1.32. The standard InChI is InChI=1S/C12H20N2O5/c1-13(5-7-2-8(15)3-7)12(19)14-6-9(16)4-10(14)11(17)18/h7-10,15-16H,2-6H2,1H3,(H,17,18)/t7?,8?,9-,10+/m1/s1.